The fourth-order valence-electron chi connectivity index (χ4n) is 2.39. The number of rotatable bonds is 4. The van der Waals surface area contributed by atoms with Crippen molar-refractivity contribution in [2.24, 2.45) is 0 Å². The van der Waals surface area contributed by atoms with Gasteiger partial charge < -0.3 is 4.74 Å². The first-order chi connectivity index (χ1) is 11.2. The summed E-state index contributed by atoms with van der Waals surface area (Å²) >= 11 is 1.41. The van der Waals surface area contributed by atoms with Gasteiger partial charge in [-0.05, 0) is 26.2 Å². The van der Waals surface area contributed by atoms with E-state index < -0.39 is 0 Å². The van der Waals surface area contributed by atoms with Crippen LogP contribution in [0.4, 0.5) is 0 Å². The van der Waals surface area contributed by atoms with Crippen molar-refractivity contribution in [1.82, 2.24) is 14.6 Å². The molecule has 2 aromatic heterocycles. The largest absolute Gasteiger partial charge is 0.462 e. The summed E-state index contributed by atoms with van der Waals surface area (Å²) in [4.78, 5) is 16.6. The topological polar surface area (TPSA) is 56.5 Å². The minimum atomic E-state index is -0.389. The number of esters is 1. The smallest absolute Gasteiger partial charge is 0.344 e. The third kappa shape index (κ3) is 2.82. The molecule has 1 aromatic carbocycles. The van der Waals surface area contributed by atoms with Crippen LogP contribution < -0.4 is 0 Å². The van der Waals surface area contributed by atoms with Crippen LogP contribution in [0.5, 0.6) is 0 Å². The molecule has 0 radical (unpaired) electrons. The van der Waals surface area contributed by atoms with Gasteiger partial charge in [0, 0.05) is 11.8 Å². The number of thioether (sulfide) groups is 1. The van der Waals surface area contributed by atoms with Gasteiger partial charge >= 0.3 is 5.97 Å². The predicted octanol–water partition coefficient (Wildman–Crippen LogP) is 3.60. The molecule has 0 amide bonds. The second kappa shape index (κ2) is 6.42. The standard InChI is InChI=1S/C17H17N3O2S/c1-4-22-17(21)14-15-18-10-9-13(20(15)19-16(14)23-3)12-7-5-11(2)6-8-12/h5-10H,4H2,1-3H3. The highest BCUT2D eigenvalue weighted by Crippen LogP contribution is 2.27. The van der Waals surface area contributed by atoms with Crippen molar-refractivity contribution < 1.29 is 9.53 Å². The molecule has 0 fully saturated rings. The molecule has 0 aliphatic carbocycles. The van der Waals surface area contributed by atoms with E-state index in [1.165, 1.54) is 17.3 Å². The van der Waals surface area contributed by atoms with Crippen LogP contribution in [-0.4, -0.2) is 33.4 Å². The Balaban J connectivity index is 2.22. The second-order valence-electron chi connectivity index (χ2n) is 5.04. The summed E-state index contributed by atoms with van der Waals surface area (Å²) in [5.41, 5.74) is 4.05. The summed E-state index contributed by atoms with van der Waals surface area (Å²) in [7, 11) is 0. The number of benzene rings is 1. The molecule has 0 N–H and O–H groups in total. The molecule has 0 unspecified atom stereocenters. The lowest BCUT2D eigenvalue weighted by molar-refractivity contribution is 0.0524. The lowest BCUT2D eigenvalue weighted by Gasteiger charge is -2.05. The van der Waals surface area contributed by atoms with E-state index in [0.29, 0.717) is 22.8 Å². The lowest BCUT2D eigenvalue weighted by atomic mass is 10.1. The van der Waals surface area contributed by atoms with Gasteiger partial charge in [-0.15, -0.1) is 11.8 Å². The first-order valence-electron chi connectivity index (χ1n) is 7.31. The van der Waals surface area contributed by atoms with Crippen molar-refractivity contribution in [3.8, 4) is 11.3 Å². The maximum Gasteiger partial charge on any atom is 0.344 e. The Hall–Kier alpha value is -2.34. The zero-order valence-electron chi connectivity index (χ0n) is 13.2. The van der Waals surface area contributed by atoms with Gasteiger partial charge in [-0.3, -0.25) is 0 Å². The second-order valence-corrected chi connectivity index (χ2v) is 5.83. The number of nitrogens with zero attached hydrogens (tertiary/aromatic N) is 3. The number of aryl methyl sites for hydroxylation is 1. The van der Waals surface area contributed by atoms with Crippen molar-refractivity contribution in [2.75, 3.05) is 12.9 Å². The SMILES string of the molecule is CCOC(=O)c1c(SC)nn2c(-c3ccc(C)cc3)ccnc12. The summed E-state index contributed by atoms with van der Waals surface area (Å²) in [5.74, 6) is -0.389. The van der Waals surface area contributed by atoms with Crippen LogP contribution in [0.2, 0.25) is 0 Å². The maximum absolute atomic E-state index is 12.3. The van der Waals surface area contributed by atoms with E-state index in [2.05, 4.69) is 10.1 Å². The highest BCUT2D eigenvalue weighted by atomic mass is 32.2. The number of carbonyl (C=O) groups is 1. The Morgan fingerprint density at radius 3 is 2.65 bits per heavy atom. The van der Waals surface area contributed by atoms with Crippen LogP contribution in [0, 0.1) is 6.92 Å². The quantitative estimate of drug-likeness (QED) is 0.541. The predicted molar refractivity (Wildman–Crippen MR) is 90.9 cm³/mol. The van der Waals surface area contributed by atoms with Gasteiger partial charge in [-0.1, -0.05) is 29.8 Å². The highest BCUT2D eigenvalue weighted by Gasteiger charge is 2.23. The molecule has 0 bridgehead atoms. The summed E-state index contributed by atoms with van der Waals surface area (Å²) < 4.78 is 6.86. The van der Waals surface area contributed by atoms with E-state index in [9.17, 15) is 4.79 Å². The lowest BCUT2D eigenvalue weighted by Crippen LogP contribution is -2.06. The number of carbonyl (C=O) groups excluding carboxylic acids is 1. The summed E-state index contributed by atoms with van der Waals surface area (Å²) in [6, 6.07) is 10.1. The molecule has 0 atom stereocenters. The molecule has 23 heavy (non-hydrogen) atoms. The number of fused-ring (bicyclic) bond motifs is 1. The van der Waals surface area contributed by atoms with Gasteiger partial charge in [0.1, 0.15) is 10.6 Å². The Bertz CT molecular complexity index is 856. The number of hydrogen-bond acceptors (Lipinski definition) is 5. The Labute approximate surface area is 138 Å². The molecule has 3 aromatic rings. The van der Waals surface area contributed by atoms with Crippen LogP contribution in [0.15, 0.2) is 41.6 Å². The fourth-order valence-corrected chi connectivity index (χ4v) is 2.94. The summed E-state index contributed by atoms with van der Waals surface area (Å²) in [6.45, 7) is 4.15. The first kappa shape index (κ1) is 15.6. The van der Waals surface area contributed by atoms with Crippen LogP contribution in [-0.2, 0) is 4.74 Å². The molecule has 2 heterocycles. The van der Waals surface area contributed by atoms with E-state index in [0.717, 1.165) is 11.3 Å². The third-order valence-electron chi connectivity index (χ3n) is 3.51. The number of ether oxygens (including phenoxy) is 1. The Kier molecular flexibility index (Phi) is 4.34. The first-order valence-corrected chi connectivity index (χ1v) is 8.54. The van der Waals surface area contributed by atoms with E-state index >= 15 is 0 Å². The molecule has 5 nitrogen and oxygen atoms in total. The molecule has 3 rings (SSSR count). The average Bonchev–Trinajstić information content (AvgIpc) is 2.94. The van der Waals surface area contributed by atoms with Crippen LogP contribution in [0.25, 0.3) is 16.9 Å². The Morgan fingerprint density at radius 2 is 2.00 bits per heavy atom. The van der Waals surface area contributed by atoms with Crippen molar-refractivity contribution in [3.05, 3.63) is 47.7 Å². The molecule has 0 aliphatic heterocycles. The minimum absolute atomic E-state index is 0.321. The van der Waals surface area contributed by atoms with Gasteiger partial charge in [-0.25, -0.2) is 14.3 Å². The molecule has 0 aliphatic rings. The van der Waals surface area contributed by atoms with E-state index in [1.54, 1.807) is 17.6 Å². The van der Waals surface area contributed by atoms with Crippen molar-refractivity contribution in [3.63, 3.8) is 0 Å². The van der Waals surface area contributed by atoms with Crippen LogP contribution >= 0.6 is 11.8 Å². The monoisotopic (exact) mass is 327 g/mol. The van der Waals surface area contributed by atoms with Crippen molar-refractivity contribution >= 4 is 23.4 Å². The zero-order chi connectivity index (χ0) is 16.4. The van der Waals surface area contributed by atoms with E-state index in [-0.39, 0.29) is 5.97 Å². The summed E-state index contributed by atoms with van der Waals surface area (Å²) in [6.07, 6.45) is 3.58. The average molecular weight is 327 g/mol. The van der Waals surface area contributed by atoms with E-state index in [4.69, 9.17) is 4.74 Å². The molecule has 0 saturated heterocycles. The molecule has 118 valence electrons. The van der Waals surface area contributed by atoms with Crippen molar-refractivity contribution in [1.29, 1.82) is 0 Å². The number of hydrogen-bond donors (Lipinski definition) is 0. The minimum Gasteiger partial charge on any atom is -0.462 e. The maximum atomic E-state index is 12.3. The number of aromatic nitrogens is 3. The molecule has 0 spiro atoms. The molecule has 6 heteroatoms. The zero-order valence-corrected chi connectivity index (χ0v) is 14.1. The van der Waals surface area contributed by atoms with Gasteiger partial charge in [0.2, 0.25) is 0 Å². The molecule has 0 saturated carbocycles. The van der Waals surface area contributed by atoms with Crippen molar-refractivity contribution in [2.45, 2.75) is 18.9 Å². The third-order valence-corrected chi connectivity index (χ3v) is 4.18. The van der Waals surface area contributed by atoms with Crippen LogP contribution in [0.3, 0.4) is 0 Å². The van der Waals surface area contributed by atoms with Crippen LogP contribution in [0.1, 0.15) is 22.8 Å². The van der Waals surface area contributed by atoms with Gasteiger partial charge in [0.25, 0.3) is 0 Å². The fraction of sp³-hybridized carbons (Fsp3) is 0.235. The Morgan fingerprint density at radius 1 is 1.26 bits per heavy atom. The molecular formula is C17H17N3O2S. The van der Waals surface area contributed by atoms with Gasteiger partial charge in [0.05, 0.1) is 12.3 Å². The normalized spacial score (nSPS) is 10.9. The summed E-state index contributed by atoms with van der Waals surface area (Å²) in [5, 5.41) is 5.17. The van der Waals surface area contributed by atoms with E-state index in [1.807, 2.05) is 43.5 Å². The van der Waals surface area contributed by atoms with Gasteiger partial charge in [-0.2, -0.15) is 5.10 Å². The molecular weight excluding hydrogens is 310 g/mol. The van der Waals surface area contributed by atoms with Gasteiger partial charge in [0.15, 0.2) is 5.65 Å². The highest BCUT2D eigenvalue weighted by molar-refractivity contribution is 7.98.